The molecule has 0 radical (unpaired) electrons. The average Bonchev–Trinajstić information content (AvgIpc) is 3.54. The molecule has 172 valence electrons. The summed E-state index contributed by atoms with van der Waals surface area (Å²) in [7, 11) is 0. The zero-order chi connectivity index (χ0) is 23.3. The smallest absolute Gasteiger partial charge is 0.167 e. The first-order valence-corrected chi connectivity index (χ1v) is 11.4. The molecule has 1 atom stereocenters. The highest BCUT2D eigenvalue weighted by Gasteiger charge is 2.13. The topological polar surface area (TPSA) is 76.6 Å². The van der Waals surface area contributed by atoms with Gasteiger partial charge in [-0.2, -0.15) is 0 Å². The van der Waals surface area contributed by atoms with Crippen molar-refractivity contribution in [3.8, 4) is 23.2 Å². The fourth-order valence-corrected chi connectivity index (χ4v) is 3.96. The van der Waals surface area contributed by atoms with Gasteiger partial charge in [0.2, 0.25) is 0 Å². The molecule has 1 fully saturated rings. The van der Waals surface area contributed by atoms with Gasteiger partial charge in [-0.05, 0) is 55.5 Å². The third-order valence-electron chi connectivity index (χ3n) is 5.78. The number of imidazole rings is 1. The van der Waals surface area contributed by atoms with Crippen LogP contribution in [0.1, 0.15) is 35.7 Å². The third-order valence-corrected chi connectivity index (χ3v) is 5.78. The molecule has 2 aromatic carbocycles. The van der Waals surface area contributed by atoms with E-state index < -0.39 is 6.10 Å². The second-order valence-corrected chi connectivity index (χ2v) is 8.25. The lowest BCUT2D eigenvalue weighted by Crippen LogP contribution is -2.36. The van der Waals surface area contributed by atoms with Crippen LogP contribution in [0.5, 0.6) is 0 Å². The van der Waals surface area contributed by atoms with Gasteiger partial charge in [-0.25, -0.2) is 4.98 Å². The molecule has 34 heavy (non-hydrogen) atoms. The van der Waals surface area contributed by atoms with Crippen LogP contribution in [0.3, 0.4) is 0 Å². The van der Waals surface area contributed by atoms with Crippen LogP contribution < -0.4 is 4.90 Å². The van der Waals surface area contributed by atoms with Crippen molar-refractivity contribution in [2.24, 2.45) is 0 Å². The highest BCUT2D eigenvalue weighted by molar-refractivity contribution is 5.59. The van der Waals surface area contributed by atoms with Gasteiger partial charge in [0.05, 0.1) is 19.8 Å². The molecule has 1 N–H and O–H groups in total. The molecule has 3 heterocycles. The maximum absolute atomic E-state index is 9.82. The number of anilines is 1. The van der Waals surface area contributed by atoms with Crippen molar-refractivity contribution in [2.75, 3.05) is 31.2 Å². The molecule has 0 bridgehead atoms. The van der Waals surface area contributed by atoms with Gasteiger partial charge < -0.3 is 23.8 Å². The summed E-state index contributed by atoms with van der Waals surface area (Å²) >= 11 is 0. The number of hydrogen-bond acceptors (Lipinski definition) is 6. The van der Waals surface area contributed by atoms with Crippen molar-refractivity contribution in [1.82, 2.24) is 14.7 Å². The van der Waals surface area contributed by atoms with E-state index in [-0.39, 0.29) is 0 Å². The van der Waals surface area contributed by atoms with Gasteiger partial charge in [-0.15, -0.1) is 0 Å². The van der Waals surface area contributed by atoms with Crippen molar-refractivity contribution >= 4 is 5.69 Å². The number of nitrogens with zero attached hydrogens (tertiary/aromatic N) is 4. The first-order chi connectivity index (χ1) is 16.7. The highest BCUT2D eigenvalue weighted by atomic mass is 16.5. The number of rotatable bonds is 5. The number of aliphatic hydroxyl groups is 1. The lowest BCUT2D eigenvalue weighted by atomic mass is 10.1. The predicted molar refractivity (Wildman–Crippen MR) is 129 cm³/mol. The molecule has 1 saturated heterocycles. The fourth-order valence-electron chi connectivity index (χ4n) is 3.96. The highest BCUT2D eigenvalue weighted by Crippen LogP contribution is 2.22. The molecule has 0 saturated carbocycles. The number of morpholine rings is 1. The van der Waals surface area contributed by atoms with Gasteiger partial charge in [0, 0.05) is 53.9 Å². The van der Waals surface area contributed by atoms with Crippen molar-refractivity contribution in [3.05, 3.63) is 89.6 Å². The van der Waals surface area contributed by atoms with E-state index in [2.05, 4.69) is 51.1 Å². The molecule has 1 aliphatic heterocycles. The molecule has 7 heteroatoms. The first kappa shape index (κ1) is 22.0. The second-order valence-electron chi connectivity index (χ2n) is 8.25. The Balaban J connectivity index is 1.23. The number of ether oxygens (including phenoxy) is 1. The summed E-state index contributed by atoms with van der Waals surface area (Å²) in [5, 5.41) is 14.0. The van der Waals surface area contributed by atoms with E-state index in [4.69, 9.17) is 9.26 Å². The van der Waals surface area contributed by atoms with Gasteiger partial charge in [0.1, 0.15) is 17.6 Å². The first-order valence-electron chi connectivity index (χ1n) is 11.4. The number of hydrogen-bond donors (Lipinski definition) is 1. The van der Waals surface area contributed by atoms with Gasteiger partial charge in [0.25, 0.3) is 0 Å². The molecule has 0 aliphatic carbocycles. The average molecular weight is 455 g/mol. The lowest BCUT2D eigenvalue weighted by Gasteiger charge is -2.28. The minimum Gasteiger partial charge on any atom is -0.385 e. The number of aromatic nitrogens is 3. The van der Waals surface area contributed by atoms with Crippen molar-refractivity contribution in [3.63, 3.8) is 0 Å². The Labute approximate surface area is 198 Å². The van der Waals surface area contributed by atoms with Gasteiger partial charge >= 0.3 is 0 Å². The van der Waals surface area contributed by atoms with Crippen LogP contribution in [0.2, 0.25) is 0 Å². The SMILES string of the molecule is C[C@H](O)c1nccn1Cc1cc(-c2ccc(C#Cc3ccc(N4CCOCC4)cc3)cc2)on1. The van der Waals surface area contributed by atoms with E-state index in [1.165, 1.54) is 5.69 Å². The van der Waals surface area contributed by atoms with Crippen LogP contribution >= 0.6 is 0 Å². The van der Waals surface area contributed by atoms with Gasteiger partial charge in [0.15, 0.2) is 5.76 Å². The molecule has 5 rings (SSSR count). The van der Waals surface area contributed by atoms with Crippen LogP contribution in [0.15, 0.2) is 71.5 Å². The minimum atomic E-state index is -0.641. The maximum atomic E-state index is 9.82. The fraction of sp³-hybridized carbons (Fsp3) is 0.259. The quantitative estimate of drug-likeness (QED) is 0.462. The summed E-state index contributed by atoms with van der Waals surface area (Å²) in [6, 6.07) is 18.2. The Hall–Kier alpha value is -3.86. The standard InChI is InChI=1S/C27H26N4O3/c1-20(32)27-28-12-13-31(27)19-24-18-26(34-29-24)23-8-4-21(5-9-23)2-3-22-6-10-25(11-7-22)30-14-16-33-17-15-30/h4-13,18,20,32H,14-17,19H2,1H3/t20-/m0/s1. The molecule has 0 spiro atoms. The Bertz CT molecular complexity index is 1290. The monoisotopic (exact) mass is 454 g/mol. The van der Waals surface area contributed by atoms with E-state index in [1.807, 2.05) is 41.1 Å². The summed E-state index contributed by atoms with van der Waals surface area (Å²) < 4.78 is 12.8. The Morgan fingerprint density at radius 2 is 1.68 bits per heavy atom. The summed E-state index contributed by atoms with van der Waals surface area (Å²) in [5.74, 6) is 7.75. The van der Waals surface area contributed by atoms with Crippen LogP contribution in [-0.2, 0) is 11.3 Å². The minimum absolute atomic E-state index is 0.484. The van der Waals surface area contributed by atoms with Crippen LogP contribution in [0, 0.1) is 11.8 Å². The largest absolute Gasteiger partial charge is 0.385 e. The van der Waals surface area contributed by atoms with Crippen LogP contribution in [0.25, 0.3) is 11.3 Å². The third kappa shape index (κ3) is 5.04. The Kier molecular flexibility index (Phi) is 6.43. The summed E-state index contributed by atoms with van der Waals surface area (Å²) in [4.78, 5) is 6.52. The summed E-state index contributed by atoms with van der Waals surface area (Å²) in [5.41, 5.74) is 4.82. The molecule has 7 nitrogen and oxygen atoms in total. The van der Waals surface area contributed by atoms with Gasteiger partial charge in [-0.1, -0.05) is 17.0 Å². The van der Waals surface area contributed by atoms with Crippen LogP contribution in [0.4, 0.5) is 5.69 Å². The summed E-state index contributed by atoms with van der Waals surface area (Å²) in [6.45, 7) is 5.59. The van der Waals surface area contributed by atoms with E-state index in [0.717, 1.165) is 48.7 Å². The molecule has 4 aromatic rings. The van der Waals surface area contributed by atoms with E-state index in [9.17, 15) is 5.11 Å². The summed E-state index contributed by atoms with van der Waals surface area (Å²) in [6.07, 6.45) is 2.85. The molecule has 2 aromatic heterocycles. The zero-order valence-electron chi connectivity index (χ0n) is 19.0. The van der Waals surface area contributed by atoms with Crippen molar-refractivity contribution < 1.29 is 14.4 Å². The number of aliphatic hydroxyl groups excluding tert-OH is 1. The van der Waals surface area contributed by atoms with Crippen molar-refractivity contribution in [2.45, 2.75) is 19.6 Å². The number of benzene rings is 2. The predicted octanol–water partition coefficient (Wildman–Crippen LogP) is 3.88. The Morgan fingerprint density at radius 3 is 2.35 bits per heavy atom. The lowest BCUT2D eigenvalue weighted by molar-refractivity contribution is 0.122. The zero-order valence-corrected chi connectivity index (χ0v) is 19.0. The van der Waals surface area contributed by atoms with Crippen molar-refractivity contribution in [1.29, 1.82) is 0 Å². The molecule has 0 amide bonds. The van der Waals surface area contributed by atoms with Gasteiger partial charge in [-0.3, -0.25) is 0 Å². The van der Waals surface area contributed by atoms with E-state index in [0.29, 0.717) is 18.1 Å². The van der Waals surface area contributed by atoms with E-state index in [1.54, 1.807) is 13.1 Å². The maximum Gasteiger partial charge on any atom is 0.167 e. The molecular formula is C27H26N4O3. The Morgan fingerprint density at radius 1 is 1.00 bits per heavy atom. The van der Waals surface area contributed by atoms with Crippen LogP contribution in [-0.4, -0.2) is 46.1 Å². The normalized spacial score (nSPS) is 14.5. The molecule has 0 unspecified atom stereocenters. The molecule has 1 aliphatic rings. The molecular weight excluding hydrogens is 428 g/mol. The second kappa shape index (κ2) is 9.96. The van der Waals surface area contributed by atoms with E-state index >= 15 is 0 Å².